The monoisotopic (exact) mass is 243 g/mol. The first-order chi connectivity index (χ1) is 7.88. The van der Waals surface area contributed by atoms with Gasteiger partial charge in [-0.3, -0.25) is 0 Å². The molecular weight excluding hydrogens is 222 g/mol. The molecule has 0 bridgehead atoms. The first-order valence-corrected chi connectivity index (χ1v) is 6.68. The van der Waals surface area contributed by atoms with Crippen LogP contribution in [0.5, 0.6) is 5.75 Å². The van der Waals surface area contributed by atoms with Gasteiger partial charge in [-0.1, -0.05) is 12.8 Å². The highest BCUT2D eigenvalue weighted by Gasteiger charge is 2.02. The predicted octanol–water partition coefficient (Wildman–Crippen LogP) is 2.40. The molecule has 0 spiro atoms. The van der Waals surface area contributed by atoms with Gasteiger partial charge < -0.3 is 15.2 Å². The second-order valence-electron chi connectivity index (χ2n) is 3.73. The summed E-state index contributed by atoms with van der Waals surface area (Å²) in [6, 6.07) is 2.00. The molecule has 0 aliphatic heterocycles. The van der Waals surface area contributed by atoms with Gasteiger partial charge in [0.2, 0.25) is 0 Å². The van der Waals surface area contributed by atoms with E-state index in [-0.39, 0.29) is 0 Å². The van der Waals surface area contributed by atoms with Crippen LogP contribution in [0.25, 0.3) is 0 Å². The SMILES string of the molecule is COc1ccsc1CNCCCCCCO. The summed E-state index contributed by atoms with van der Waals surface area (Å²) in [5.41, 5.74) is 0. The first-order valence-electron chi connectivity index (χ1n) is 5.80. The lowest BCUT2D eigenvalue weighted by molar-refractivity contribution is 0.282. The van der Waals surface area contributed by atoms with Gasteiger partial charge in [0.15, 0.2) is 0 Å². The Morgan fingerprint density at radius 3 is 2.88 bits per heavy atom. The molecule has 1 heterocycles. The Morgan fingerprint density at radius 2 is 2.12 bits per heavy atom. The zero-order valence-electron chi connectivity index (χ0n) is 9.87. The van der Waals surface area contributed by atoms with E-state index < -0.39 is 0 Å². The van der Waals surface area contributed by atoms with Gasteiger partial charge in [0, 0.05) is 13.2 Å². The summed E-state index contributed by atoms with van der Waals surface area (Å²) >= 11 is 1.73. The van der Waals surface area contributed by atoms with E-state index in [0.29, 0.717) is 6.61 Å². The number of methoxy groups -OCH3 is 1. The number of hydrogen-bond donors (Lipinski definition) is 2. The highest BCUT2D eigenvalue weighted by Crippen LogP contribution is 2.23. The number of ether oxygens (including phenoxy) is 1. The lowest BCUT2D eigenvalue weighted by Gasteiger charge is -2.05. The van der Waals surface area contributed by atoms with Crippen molar-refractivity contribution in [1.29, 1.82) is 0 Å². The van der Waals surface area contributed by atoms with Crippen molar-refractivity contribution in [2.24, 2.45) is 0 Å². The Balaban J connectivity index is 2.03. The molecule has 0 aromatic carbocycles. The molecular formula is C12H21NO2S. The Kier molecular flexibility index (Phi) is 7.21. The maximum Gasteiger partial charge on any atom is 0.134 e. The van der Waals surface area contributed by atoms with E-state index in [9.17, 15) is 0 Å². The Bertz CT molecular complexity index is 276. The number of aliphatic hydroxyl groups excluding tert-OH is 1. The maximum absolute atomic E-state index is 8.62. The lowest BCUT2D eigenvalue weighted by Crippen LogP contribution is -2.14. The van der Waals surface area contributed by atoms with E-state index >= 15 is 0 Å². The van der Waals surface area contributed by atoms with Crippen LogP contribution >= 0.6 is 11.3 Å². The number of hydrogen-bond acceptors (Lipinski definition) is 4. The van der Waals surface area contributed by atoms with Gasteiger partial charge in [0.1, 0.15) is 5.75 Å². The van der Waals surface area contributed by atoms with E-state index in [0.717, 1.165) is 31.7 Å². The van der Waals surface area contributed by atoms with E-state index in [1.165, 1.54) is 17.7 Å². The molecule has 2 N–H and O–H groups in total. The van der Waals surface area contributed by atoms with Gasteiger partial charge in [-0.25, -0.2) is 0 Å². The third-order valence-corrected chi connectivity index (χ3v) is 3.37. The summed E-state index contributed by atoms with van der Waals surface area (Å²) in [4.78, 5) is 1.26. The largest absolute Gasteiger partial charge is 0.496 e. The first kappa shape index (κ1) is 13.5. The minimum atomic E-state index is 0.319. The molecule has 1 aromatic heterocycles. The van der Waals surface area contributed by atoms with Crippen molar-refractivity contribution in [3.8, 4) is 5.75 Å². The fourth-order valence-electron chi connectivity index (χ4n) is 1.56. The van der Waals surface area contributed by atoms with Crippen LogP contribution in [-0.2, 0) is 6.54 Å². The number of aliphatic hydroxyl groups is 1. The third kappa shape index (κ3) is 4.96. The molecule has 0 saturated carbocycles. The van der Waals surface area contributed by atoms with Gasteiger partial charge >= 0.3 is 0 Å². The van der Waals surface area contributed by atoms with Crippen molar-refractivity contribution in [2.75, 3.05) is 20.3 Å². The summed E-state index contributed by atoms with van der Waals surface area (Å²) in [6.45, 7) is 2.24. The number of nitrogens with one attached hydrogen (secondary N) is 1. The van der Waals surface area contributed by atoms with Gasteiger partial charge in [0.05, 0.1) is 12.0 Å². The Labute approximate surface area is 101 Å². The molecule has 0 unspecified atom stereocenters. The molecule has 16 heavy (non-hydrogen) atoms. The number of unbranched alkanes of at least 4 members (excludes halogenated alkanes) is 3. The molecule has 0 aliphatic rings. The zero-order valence-corrected chi connectivity index (χ0v) is 10.7. The van der Waals surface area contributed by atoms with Crippen molar-refractivity contribution >= 4 is 11.3 Å². The summed E-state index contributed by atoms with van der Waals surface area (Å²) in [6.07, 6.45) is 4.42. The minimum absolute atomic E-state index is 0.319. The summed E-state index contributed by atoms with van der Waals surface area (Å²) < 4.78 is 5.24. The Morgan fingerprint density at radius 1 is 1.31 bits per heavy atom. The van der Waals surface area contributed by atoms with Crippen LogP contribution in [-0.4, -0.2) is 25.4 Å². The highest BCUT2D eigenvalue weighted by molar-refractivity contribution is 7.10. The van der Waals surface area contributed by atoms with Crippen LogP contribution in [0.3, 0.4) is 0 Å². The highest BCUT2D eigenvalue weighted by atomic mass is 32.1. The molecule has 0 radical (unpaired) electrons. The number of rotatable bonds is 9. The summed E-state index contributed by atoms with van der Waals surface area (Å²) in [7, 11) is 1.71. The van der Waals surface area contributed by atoms with Gasteiger partial charge in [-0.2, -0.15) is 0 Å². The zero-order chi connectivity index (χ0) is 11.6. The van der Waals surface area contributed by atoms with Gasteiger partial charge in [0.25, 0.3) is 0 Å². The fraction of sp³-hybridized carbons (Fsp3) is 0.667. The van der Waals surface area contributed by atoms with Crippen LogP contribution < -0.4 is 10.1 Å². The molecule has 92 valence electrons. The molecule has 4 heteroatoms. The van der Waals surface area contributed by atoms with Crippen molar-refractivity contribution in [1.82, 2.24) is 5.32 Å². The molecule has 0 atom stereocenters. The standard InChI is InChI=1S/C12H21NO2S/c1-15-11-6-9-16-12(11)10-13-7-4-2-3-5-8-14/h6,9,13-14H,2-5,7-8,10H2,1H3. The van der Waals surface area contributed by atoms with E-state index in [1.807, 2.05) is 6.07 Å². The van der Waals surface area contributed by atoms with Crippen LogP contribution in [0.15, 0.2) is 11.4 Å². The van der Waals surface area contributed by atoms with E-state index in [1.54, 1.807) is 18.4 Å². The maximum atomic E-state index is 8.62. The molecule has 0 amide bonds. The van der Waals surface area contributed by atoms with Crippen LogP contribution in [0.1, 0.15) is 30.6 Å². The van der Waals surface area contributed by atoms with Crippen LogP contribution in [0.4, 0.5) is 0 Å². The van der Waals surface area contributed by atoms with Gasteiger partial charge in [-0.05, 0) is 30.8 Å². The van der Waals surface area contributed by atoms with Crippen molar-refractivity contribution in [3.05, 3.63) is 16.3 Å². The lowest BCUT2D eigenvalue weighted by atomic mass is 10.2. The van der Waals surface area contributed by atoms with E-state index in [2.05, 4.69) is 10.7 Å². The molecule has 3 nitrogen and oxygen atoms in total. The topological polar surface area (TPSA) is 41.5 Å². The van der Waals surface area contributed by atoms with Crippen LogP contribution in [0.2, 0.25) is 0 Å². The molecule has 1 aromatic rings. The summed E-state index contributed by atoms with van der Waals surface area (Å²) in [5.74, 6) is 0.984. The van der Waals surface area contributed by atoms with Crippen molar-refractivity contribution in [3.63, 3.8) is 0 Å². The van der Waals surface area contributed by atoms with Crippen molar-refractivity contribution in [2.45, 2.75) is 32.2 Å². The predicted molar refractivity (Wildman–Crippen MR) is 68.1 cm³/mol. The summed E-state index contributed by atoms with van der Waals surface area (Å²) in [5, 5.41) is 14.1. The van der Waals surface area contributed by atoms with Gasteiger partial charge in [-0.15, -0.1) is 11.3 Å². The Hall–Kier alpha value is -0.580. The second kappa shape index (κ2) is 8.56. The van der Waals surface area contributed by atoms with E-state index in [4.69, 9.17) is 9.84 Å². The van der Waals surface area contributed by atoms with Crippen molar-refractivity contribution < 1.29 is 9.84 Å². The molecule has 0 aliphatic carbocycles. The fourth-order valence-corrected chi connectivity index (χ4v) is 2.37. The average molecular weight is 243 g/mol. The minimum Gasteiger partial charge on any atom is -0.496 e. The normalized spacial score (nSPS) is 10.6. The number of thiophene rings is 1. The van der Waals surface area contributed by atoms with Crippen LogP contribution in [0, 0.1) is 0 Å². The smallest absolute Gasteiger partial charge is 0.134 e. The molecule has 0 saturated heterocycles. The second-order valence-corrected chi connectivity index (χ2v) is 4.73. The third-order valence-electron chi connectivity index (χ3n) is 2.47. The molecule has 0 fully saturated rings. The average Bonchev–Trinajstić information content (AvgIpc) is 2.75. The quantitative estimate of drug-likeness (QED) is 0.654. The molecule has 1 rings (SSSR count).